The first-order chi connectivity index (χ1) is 12.7. The van der Waals surface area contributed by atoms with Gasteiger partial charge < -0.3 is 15.1 Å². The zero-order valence-electron chi connectivity index (χ0n) is 14.7. The molecule has 26 heavy (non-hydrogen) atoms. The third-order valence-corrected chi connectivity index (χ3v) is 5.29. The number of amides is 1. The van der Waals surface area contributed by atoms with Crippen molar-refractivity contribution in [3.63, 3.8) is 0 Å². The van der Waals surface area contributed by atoms with E-state index in [1.807, 2.05) is 24.3 Å². The molecule has 136 valence electrons. The van der Waals surface area contributed by atoms with E-state index in [-0.39, 0.29) is 17.6 Å². The van der Waals surface area contributed by atoms with Gasteiger partial charge in [-0.2, -0.15) is 0 Å². The summed E-state index contributed by atoms with van der Waals surface area (Å²) in [6.45, 7) is 3.46. The minimum atomic E-state index is -0.207. The summed E-state index contributed by atoms with van der Waals surface area (Å²) in [6, 6.07) is 10.5. The van der Waals surface area contributed by atoms with Gasteiger partial charge in [-0.25, -0.2) is 9.37 Å². The van der Waals surface area contributed by atoms with Crippen molar-refractivity contribution in [2.24, 2.45) is 5.92 Å². The quantitative estimate of drug-likeness (QED) is 0.915. The SMILES string of the molecule is O=C(Nc1ccc(N2CCN(c3ccc(F)cc3)CC2)nc1)C1CCC1. The number of carbonyl (C=O) groups is 1. The second kappa shape index (κ2) is 7.32. The molecule has 0 atom stereocenters. The summed E-state index contributed by atoms with van der Waals surface area (Å²) in [4.78, 5) is 21.0. The second-order valence-electron chi connectivity index (χ2n) is 6.97. The molecule has 1 aromatic heterocycles. The lowest BCUT2D eigenvalue weighted by atomic mass is 9.85. The highest BCUT2D eigenvalue weighted by atomic mass is 19.1. The van der Waals surface area contributed by atoms with E-state index in [1.165, 1.54) is 12.1 Å². The number of nitrogens with one attached hydrogen (secondary N) is 1. The van der Waals surface area contributed by atoms with Gasteiger partial charge in [0.2, 0.25) is 5.91 Å². The summed E-state index contributed by atoms with van der Waals surface area (Å²) in [7, 11) is 0. The molecule has 1 aliphatic carbocycles. The number of hydrogen-bond acceptors (Lipinski definition) is 4. The molecular formula is C20H23FN4O. The largest absolute Gasteiger partial charge is 0.368 e. The Morgan fingerprint density at radius 1 is 1.00 bits per heavy atom. The van der Waals surface area contributed by atoms with Crippen molar-refractivity contribution in [1.29, 1.82) is 0 Å². The Bertz CT molecular complexity index is 750. The number of carbonyl (C=O) groups excluding carboxylic acids is 1. The maximum absolute atomic E-state index is 13.1. The maximum atomic E-state index is 13.1. The molecule has 1 aliphatic heterocycles. The van der Waals surface area contributed by atoms with Crippen LogP contribution in [0.25, 0.3) is 0 Å². The third kappa shape index (κ3) is 3.64. The zero-order valence-corrected chi connectivity index (χ0v) is 14.7. The van der Waals surface area contributed by atoms with Crippen LogP contribution in [-0.2, 0) is 4.79 Å². The zero-order chi connectivity index (χ0) is 17.9. The van der Waals surface area contributed by atoms with E-state index in [0.717, 1.165) is 62.6 Å². The van der Waals surface area contributed by atoms with Crippen molar-refractivity contribution in [3.05, 3.63) is 48.4 Å². The Kier molecular flexibility index (Phi) is 4.73. The van der Waals surface area contributed by atoms with E-state index >= 15 is 0 Å². The molecule has 2 heterocycles. The minimum Gasteiger partial charge on any atom is -0.368 e. The highest BCUT2D eigenvalue weighted by Gasteiger charge is 2.25. The van der Waals surface area contributed by atoms with Crippen LogP contribution in [0.5, 0.6) is 0 Å². The van der Waals surface area contributed by atoms with Crippen LogP contribution in [0.1, 0.15) is 19.3 Å². The normalized spacial score (nSPS) is 17.7. The van der Waals surface area contributed by atoms with Crippen molar-refractivity contribution < 1.29 is 9.18 Å². The molecule has 2 aliphatic rings. The molecule has 2 fully saturated rings. The number of hydrogen-bond donors (Lipinski definition) is 1. The molecule has 4 rings (SSSR count). The summed E-state index contributed by atoms with van der Waals surface area (Å²) in [5.74, 6) is 0.999. The molecule has 1 amide bonds. The topological polar surface area (TPSA) is 48.5 Å². The van der Waals surface area contributed by atoms with Crippen LogP contribution in [0.3, 0.4) is 0 Å². The Morgan fingerprint density at radius 2 is 1.69 bits per heavy atom. The third-order valence-electron chi connectivity index (χ3n) is 5.29. The van der Waals surface area contributed by atoms with Crippen LogP contribution < -0.4 is 15.1 Å². The molecule has 0 unspecified atom stereocenters. The highest BCUT2D eigenvalue weighted by Crippen LogP contribution is 2.28. The van der Waals surface area contributed by atoms with Gasteiger partial charge in [0, 0.05) is 37.8 Å². The fourth-order valence-electron chi connectivity index (χ4n) is 3.41. The molecular weight excluding hydrogens is 331 g/mol. The van der Waals surface area contributed by atoms with E-state index < -0.39 is 0 Å². The van der Waals surface area contributed by atoms with Crippen molar-refractivity contribution >= 4 is 23.1 Å². The van der Waals surface area contributed by atoms with Crippen molar-refractivity contribution in [2.45, 2.75) is 19.3 Å². The Balaban J connectivity index is 1.32. The van der Waals surface area contributed by atoms with Crippen LogP contribution in [0.2, 0.25) is 0 Å². The number of halogens is 1. The smallest absolute Gasteiger partial charge is 0.227 e. The number of aromatic nitrogens is 1. The first kappa shape index (κ1) is 16.8. The number of anilines is 3. The van der Waals surface area contributed by atoms with Gasteiger partial charge >= 0.3 is 0 Å². The van der Waals surface area contributed by atoms with Crippen LogP contribution in [-0.4, -0.2) is 37.1 Å². The number of pyridine rings is 1. The average molecular weight is 354 g/mol. The summed E-state index contributed by atoms with van der Waals surface area (Å²) in [6.07, 6.45) is 4.88. The summed E-state index contributed by atoms with van der Waals surface area (Å²) < 4.78 is 13.1. The fraction of sp³-hybridized carbons (Fsp3) is 0.400. The lowest BCUT2D eigenvalue weighted by Gasteiger charge is -2.36. The fourth-order valence-corrected chi connectivity index (χ4v) is 3.41. The molecule has 5 nitrogen and oxygen atoms in total. The summed E-state index contributed by atoms with van der Waals surface area (Å²) in [5, 5.41) is 2.95. The molecule has 0 bridgehead atoms. The van der Waals surface area contributed by atoms with Gasteiger partial charge in [-0.15, -0.1) is 0 Å². The van der Waals surface area contributed by atoms with Crippen LogP contribution >= 0.6 is 0 Å². The van der Waals surface area contributed by atoms with E-state index in [4.69, 9.17) is 0 Å². The van der Waals surface area contributed by atoms with Gasteiger partial charge in [0.25, 0.3) is 0 Å². The Morgan fingerprint density at radius 3 is 2.27 bits per heavy atom. The first-order valence-corrected chi connectivity index (χ1v) is 9.21. The molecule has 1 aromatic carbocycles. The Hall–Kier alpha value is -2.63. The average Bonchev–Trinajstić information content (AvgIpc) is 2.62. The summed E-state index contributed by atoms with van der Waals surface area (Å²) >= 11 is 0. The monoisotopic (exact) mass is 354 g/mol. The van der Waals surface area contributed by atoms with E-state index in [2.05, 4.69) is 20.1 Å². The molecule has 2 aromatic rings. The number of nitrogens with zero attached hydrogens (tertiary/aromatic N) is 3. The minimum absolute atomic E-state index is 0.110. The van der Waals surface area contributed by atoms with E-state index in [0.29, 0.717) is 0 Å². The standard InChI is InChI=1S/C20H23FN4O/c21-16-4-7-18(8-5-16)24-10-12-25(13-11-24)19-9-6-17(14-22-19)23-20(26)15-2-1-3-15/h4-9,14-15H,1-3,10-13H2,(H,23,26). The van der Waals surface area contributed by atoms with Gasteiger partial charge in [-0.3, -0.25) is 4.79 Å². The van der Waals surface area contributed by atoms with Crippen LogP contribution in [0, 0.1) is 11.7 Å². The van der Waals surface area contributed by atoms with Gasteiger partial charge in [0.05, 0.1) is 11.9 Å². The van der Waals surface area contributed by atoms with Crippen molar-refractivity contribution in [2.75, 3.05) is 41.3 Å². The lowest BCUT2D eigenvalue weighted by molar-refractivity contribution is -0.122. The van der Waals surface area contributed by atoms with Crippen LogP contribution in [0.15, 0.2) is 42.6 Å². The van der Waals surface area contributed by atoms with Gasteiger partial charge in [0.15, 0.2) is 0 Å². The predicted molar refractivity (Wildman–Crippen MR) is 101 cm³/mol. The molecule has 1 saturated heterocycles. The first-order valence-electron chi connectivity index (χ1n) is 9.21. The Labute approximate surface area is 152 Å². The number of benzene rings is 1. The summed E-state index contributed by atoms with van der Waals surface area (Å²) in [5.41, 5.74) is 1.81. The molecule has 1 N–H and O–H groups in total. The van der Waals surface area contributed by atoms with Crippen LogP contribution in [0.4, 0.5) is 21.6 Å². The number of piperazine rings is 1. The highest BCUT2D eigenvalue weighted by molar-refractivity contribution is 5.92. The van der Waals surface area contributed by atoms with Crippen molar-refractivity contribution in [3.8, 4) is 0 Å². The maximum Gasteiger partial charge on any atom is 0.227 e. The van der Waals surface area contributed by atoms with Gasteiger partial charge in [0.1, 0.15) is 11.6 Å². The predicted octanol–water partition coefficient (Wildman–Crippen LogP) is 3.29. The second-order valence-corrected chi connectivity index (χ2v) is 6.97. The molecule has 6 heteroatoms. The molecule has 0 spiro atoms. The van der Waals surface area contributed by atoms with E-state index in [1.54, 1.807) is 6.20 Å². The number of rotatable bonds is 4. The van der Waals surface area contributed by atoms with E-state index in [9.17, 15) is 9.18 Å². The van der Waals surface area contributed by atoms with Crippen molar-refractivity contribution in [1.82, 2.24) is 4.98 Å². The lowest BCUT2D eigenvalue weighted by Crippen LogP contribution is -2.46. The molecule has 1 saturated carbocycles. The molecule has 0 radical (unpaired) electrons. The van der Waals surface area contributed by atoms with Gasteiger partial charge in [-0.05, 0) is 49.2 Å². The van der Waals surface area contributed by atoms with Gasteiger partial charge in [-0.1, -0.05) is 6.42 Å².